The Morgan fingerprint density at radius 1 is 1.43 bits per heavy atom. The lowest BCUT2D eigenvalue weighted by atomic mass is 10.2. The van der Waals surface area contributed by atoms with Crippen molar-refractivity contribution >= 4 is 29.7 Å². The number of carbonyl (C=O) groups is 1. The average molecular weight is 205 g/mol. The molecule has 14 heavy (non-hydrogen) atoms. The summed E-state index contributed by atoms with van der Waals surface area (Å²) in [6.45, 7) is 3.41. The lowest BCUT2D eigenvalue weighted by Crippen LogP contribution is -1.83. The summed E-state index contributed by atoms with van der Waals surface area (Å²) in [7, 11) is 0. The Morgan fingerprint density at radius 2 is 2.14 bits per heavy atom. The van der Waals surface area contributed by atoms with Crippen LogP contribution in [0, 0.1) is 0 Å². The fourth-order valence-corrected chi connectivity index (χ4v) is 1.70. The van der Waals surface area contributed by atoms with Gasteiger partial charge in [0.2, 0.25) is 0 Å². The minimum absolute atomic E-state index is 0.441. The first kappa shape index (κ1) is 10.7. The van der Waals surface area contributed by atoms with Crippen LogP contribution >= 0.6 is 11.8 Å². The van der Waals surface area contributed by atoms with E-state index in [2.05, 4.69) is 11.7 Å². The molecule has 0 saturated carbocycles. The van der Waals surface area contributed by atoms with E-state index in [9.17, 15) is 4.79 Å². The summed E-state index contributed by atoms with van der Waals surface area (Å²) >= 11 is 1.46. The van der Waals surface area contributed by atoms with E-state index in [1.165, 1.54) is 11.8 Å². The number of thioether (sulfide) groups is 1. The second-order valence-corrected chi connectivity index (χ2v) is 3.58. The van der Waals surface area contributed by atoms with E-state index in [1.54, 1.807) is 6.20 Å². The van der Waals surface area contributed by atoms with Gasteiger partial charge in [-0.3, -0.25) is 4.99 Å². The Labute approximate surface area is 87.7 Å². The molecule has 0 fully saturated rings. The van der Waals surface area contributed by atoms with Crippen molar-refractivity contribution < 1.29 is 4.79 Å². The zero-order valence-corrected chi connectivity index (χ0v) is 8.54. The molecule has 0 radical (unpaired) electrons. The maximum atomic E-state index is 10.3. The van der Waals surface area contributed by atoms with E-state index in [-0.39, 0.29) is 0 Å². The van der Waals surface area contributed by atoms with E-state index in [0.717, 1.165) is 16.8 Å². The van der Waals surface area contributed by atoms with Crippen molar-refractivity contribution in [3.63, 3.8) is 0 Å². The highest BCUT2D eigenvalue weighted by molar-refractivity contribution is 8.08. The molecule has 72 valence electrons. The van der Waals surface area contributed by atoms with Gasteiger partial charge in [-0.1, -0.05) is 30.3 Å². The predicted octanol–water partition coefficient (Wildman–Crippen LogP) is 2.62. The Bertz CT molecular complexity index is 332. The van der Waals surface area contributed by atoms with Crippen LogP contribution in [0.25, 0.3) is 4.91 Å². The number of rotatable bonds is 5. The minimum atomic E-state index is 0.441. The summed E-state index contributed by atoms with van der Waals surface area (Å²) in [6, 6.07) is 9.82. The van der Waals surface area contributed by atoms with E-state index >= 15 is 0 Å². The molecule has 1 rings (SSSR count). The maximum absolute atomic E-state index is 10.3. The third kappa shape index (κ3) is 3.18. The van der Waals surface area contributed by atoms with E-state index in [1.807, 2.05) is 30.3 Å². The number of nitrogens with zero attached hydrogens (tertiary/aromatic N) is 1. The summed E-state index contributed by atoms with van der Waals surface area (Å²) in [4.78, 5) is 14.9. The molecule has 2 nitrogen and oxygen atoms in total. The second kappa shape index (κ2) is 6.16. The second-order valence-electron chi connectivity index (χ2n) is 2.52. The smallest absolute Gasteiger partial charge is 0.130 e. The Hall–Kier alpha value is -1.35. The normalized spacial score (nSPS) is 11.0. The molecule has 1 aromatic carbocycles. The Balaban J connectivity index is 2.83. The van der Waals surface area contributed by atoms with Crippen molar-refractivity contribution in [2.24, 2.45) is 4.99 Å². The van der Waals surface area contributed by atoms with Gasteiger partial charge in [0.05, 0.1) is 5.75 Å². The van der Waals surface area contributed by atoms with Gasteiger partial charge in [0.25, 0.3) is 0 Å². The van der Waals surface area contributed by atoms with Crippen LogP contribution in [0.4, 0.5) is 0 Å². The average Bonchev–Trinajstić information content (AvgIpc) is 2.25. The molecule has 0 N–H and O–H groups in total. The standard InChI is InChI=1S/C11H11NOS/c1-12-9-11(14-8-7-13)10-5-3-2-4-6-10/h2-7,9H,1,8H2/b11-9-. The fourth-order valence-electron chi connectivity index (χ4n) is 1.00. The van der Waals surface area contributed by atoms with E-state index in [4.69, 9.17) is 0 Å². The number of carbonyl (C=O) groups excluding carboxylic acids is 1. The molecule has 0 aliphatic heterocycles. The van der Waals surface area contributed by atoms with Crippen LogP contribution in [-0.4, -0.2) is 18.8 Å². The van der Waals surface area contributed by atoms with Gasteiger partial charge in [0.15, 0.2) is 0 Å². The van der Waals surface area contributed by atoms with Crippen LogP contribution in [0.3, 0.4) is 0 Å². The zero-order chi connectivity index (χ0) is 10.2. The van der Waals surface area contributed by atoms with Gasteiger partial charge in [-0.2, -0.15) is 0 Å². The third-order valence-corrected chi connectivity index (χ3v) is 2.53. The first-order valence-corrected chi connectivity index (χ1v) is 5.15. The van der Waals surface area contributed by atoms with Crippen LogP contribution in [0.5, 0.6) is 0 Å². The molecule has 0 atom stereocenters. The molecule has 0 saturated heterocycles. The molecular formula is C11H11NOS. The topological polar surface area (TPSA) is 29.4 Å². The van der Waals surface area contributed by atoms with Crippen molar-refractivity contribution in [3.8, 4) is 0 Å². The highest BCUT2D eigenvalue weighted by Crippen LogP contribution is 2.26. The van der Waals surface area contributed by atoms with Crippen molar-refractivity contribution in [1.29, 1.82) is 0 Å². The summed E-state index contributed by atoms with van der Waals surface area (Å²) < 4.78 is 0. The molecule has 0 aliphatic carbocycles. The Kier molecular flexibility index (Phi) is 4.72. The van der Waals surface area contributed by atoms with Gasteiger partial charge in [-0.15, -0.1) is 11.8 Å². The van der Waals surface area contributed by atoms with Gasteiger partial charge < -0.3 is 4.79 Å². The SMILES string of the molecule is C=N/C=C(\SCC=O)c1ccccc1. The third-order valence-electron chi connectivity index (χ3n) is 1.57. The van der Waals surface area contributed by atoms with Gasteiger partial charge in [-0.25, -0.2) is 0 Å². The number of hydrogen-bond donors (Lipinski definition) is 0. The molecular weight excluding hydrogens is 194 g/mol. The van der Waals surface area contributed by atoms with Crippen LogP contribution in [-0.2, 0) is 4.79 Å². The predicted molar refractivity (Wildman–Crippen MR) is 62.5 cm³/mol. The molecule has 0 heterocycles. The van der Waals surface area contributed by atoms with Crippen molar-refractivity contribution in [3.05, 3.63) is 42.1 Å². The molecule has 0 bridgehead atoms. The van der Waals surface area contributed by atoms with Crippen LogP contribution in [0.2, 0.25) is 0 Å². The Morgan fingerprint density at radius 3 is 2.71 bits per heavy atom. The van der Waals surface area contributed by atoms with Gasteiger partial charge in [0, 0.05) is 11.1 Å². The van der Waals surface area contributed by atoms with Gasteiger partial charge in [-0.05, 0) is 12.3 Å². The van der Waals surface area contributed by atoms with Crippen molar-refractivity contribution in [2.75, 3.05) is 5.75 Å². The highest BCUT2D eigenvalue weighted by atomic mass is 32.2. The highest BCUT2D eigenvalue weighted by Gasteiger charge is 2.00. The number of benzene rings is 1. The van der Waals surface area contributed by atoms with Crippen molar-refractivity contribution in [2.45, 2.75) is 0 Å². The first-order valence-electron chi connectivity index (χ1n) is 4.16. The monoisotopic (exact) mass is 205 g/mol. The van der Waals surface area contributed by atoms with Crippen LogP contribution in [0.1, 0.15) is 5.56 Å². The molecule has 3 heteroatoms. The summed E-state index contributed by atoms with van der Waals surface area (Å²) in [6.07, 6.45) is 2.55. The zero-order valence-electron chi connectivity index (χ0n) is 7.72. The van der Waals surface area contributed by atoms with Crippen molar-refractivity contribution in [1.82, 2.24) is 0 Å². The lowest BCUT2D eigenvalue weighted by molar-refractivity contribution is -0.105. The maximum Gasteiger partial charge on any atom is 0.130 e. The summed E-state index contributed by atoms with van der Waals surface area (Å²) in [5, 5.41) is 0. The van der Waals surface area contributed by atoms with E-state index < -0.39 is 0 Å². The minimum Gasteiger partial charge on any atom is -0.302 e. The fraction of sp³-hybridized carbons (Fsp3) is 0.0909. The number of aldehydes is 1. The van der Waals surface area contributed by atoms with Gasteiger partial charge >= 0.3 is 0 Å². The van der Waals surface area contributed by atoms with E-state index in [0.29, 0.717) is 5.75 Å². The molecule has 0 aliphatic rings. The summed E-state index contributed by atoms with van der Waals surface area (Å²) in [5.74, 6) is 0.441. The number of aliphatic imine (C=N–C) groups is 1. The molecule has 0 spiro atoms. The molecule has 1 aromatic rings. The quantitative estimate of drug-likeness (QED) is 0.546. The summed E-state index contributed by atoms with van der Waals surface area (Å²) in [5.41, 5.74) is 1.06. The first-order chi connectivity index (χ1) is 6.88. The number of hydrogen-bond acceptors (Lipinski definition) is 3. The van der Waals surface area contributed by atoms with Crippen LogP contribution < -0.4 is 0 Å². The molecule has 0 aromatic heterocycles. The molecule has 0 amide bonds. The largest absolute Gasteiger partial charge is 0.302 e. The lowest BCUT2D eigenvalue weighted by Gasteiger charge is -2.02. The van der Waals surface area contributed by atoms with Crippen LogP contribution in [0.15, 0.2) is 41.5 Å². The van der Waals surface area contributed by atoms with Gasteiger partial charge in [0.1, 0.15) is 6.29 Å². The molecule has 0 unspecified atom stereocenters.